The Morgan fingerprint density at radius 1 is 1.29 bits per heavy atom. The first kappa shape index (κ1) is 17.2. The highest BCUT2D eigenvalue weighted by molar-refractivity contribution is 7.13. The number of aromatic nitrogens is 1. The Kier molecular flexibility index (Phi) is 5.38. The molecule has 2 aromatic rings. The Balaban J connectivity index is 1.81. The molecule has 0 saturated carbocycles. The minimum absolute atomic E-state index is 0.276. The highest BCUT2D eigenvalue weighted by Gasteiger charge is 2.24. The third kappa shape index (κ3) is 3.55. The van der Waals surface area contributed by atoms with Gasteiger partial charge in [-0.25, -0.2) is 4.98 Å². The van der Waals surface area contributed by atoms with E-state index in [2.05, 4.69) is 24.1 Å². The number of hydrogen-bond acceptors (Lipinski definition) is 6. The summed E-state index contributed by atoms with van der Waals surface area (Å²) < 4.78 is 16.6. The summed E-state index contributed by atoms with van der Waals surface area (Å²) in [6.07, 6.45) is 0.276. The summed E-state index contributed by atoms with van der Waals surface area (Å²) in [4.78, 5) is 7.24. The van der Waals surface area contributed by atoms with Crippen LogP contribution in [0.3, 0.4) is 0 Å². The van der Waals surface area contributed by atoms with Crippen molar-refractivity contribution < 1.29 is 14.2 Å². The van der Waals surface area contributed by atoms with Crippen LogP contribution in [0.1, 0.15) is 19.5 Å². The smallest absolute Gasteiger partial charge is 0.170 e. The van der Waals surface area contributed by atoms with Crippen molar-refractivity contribution in [2.45, 2.75) is 32.5 Å². The number of thiazole rings is 1. The zero-order valence-electron chi connectivity index (χ0n) is 14.6. The molecular formula is C18H24N2O3S. The fourth-order valence-corrected chi connectivity index (χ4v) is 3.79. The number of methoxy groups -OCH3 is 2. The molecule has 1 fully saturated rings. The summed E-state index contributed by atoms with van der Waals surface area (Å²) in [7, 11) is 3.31. The third-order valence-electron chi connectivity index (χ3n) is 4.29. The predicted octanol–water partition coefficient (Wildman–Crippen LogP) is 3.44. The topological polar surface area (TPSA) is 43.8 Å². The van der Waals surface area contributed by atoms with E-state index in [1.54, 1.807) is 25.6 Å². The molecule has 0 radical (unpaired) electrons. The number of morpholine rings is 1. The van der Waals surface area contributed by atoms with Gasteiger partial charge in [0.2, 0.25) is 0 Å². The Morgan fingerprint density at radius 2 is 2.12 bits per heavy atom. The maximum absolute atomic E-state index is 5.70. The lowest BCUT2D eigenvalue weighted by Gasteiger charge is -2.36. The maximum atomic E-state index is 5.70. The van der Waals surface area contributed by atoms with Crippen molar-refractivity contribution >= 4 is 11.3 Å². The Labute approximate surface area is 147 Å². The van der Waals surface area contributed by atoms with Gasteiger partial charge in [-0.1, -0.05) is 6.07 Å². The highest BCUT2D eigenvalue weighted by Crippen LogP contribution is 2.39. The first-order valence-electron chi connectivity index (χ1n) is 8.13. The van der Waals surface area contributed by atoms with Gasteiger partial charge in [0, 0.05) is 24.5 Å². The lowest BCUT2D eigenvalue weighted by atomic mass is 10.2. The van der Waals surface area contributed by atoms with Crippen molar-refractivity contribution in [1.29, 1.82) is 0 Å². The zero-order chi connectivity index (χ0) is 17.1. The summed E-state index contributed by atoms with van der Waals surface area (Å²) in [6, 6.07) is 6.29. The van der Waals surface area contributed by atoms with E-state index >= 15 is 0 Å². The molecule has 1 aromatic carbocycles. The fraction of sp³-hybridized carbons (Fsp3) is 0.500. The second-order valence-electron chi connectivity index (χ2n) is 6.11. The minimum Gasteiger partial charge on any atom is -0.493 e. The van der Waals surface area contributed by atoms with Crippen LogP contribution in [0.2, 0.25) is 0 Å². The van der Waals surface area contributed by atoms with E-state index in [9.17, 15) is 0 Å². The van der Waals surface area contributed by atoms with Crippen molar-refractivity contribution in [3.05, 3.63) is 29.3 Å². The van der Waals surface area contributed by atoms with Gasteiger partial charge < -0.3 is 14.2 Å². The molecule has 0 amide bonds. The summed E-state index contributed by atoms with van der Waals surface area (Å²) in [5.74, 6) is 1.46. The Hall–Kier alpha value is -1.63. The summed E-state index contributed by atoms with van der Waals surface area (Å²) >= 11 is 1.64. The molecule has 3 rings (SSSR count). The molecule has 0 aliphatic carbocycles. The third-order valence-corrected chi connectivity index (χ3v) is 5.21. The van der Waals surface area contributed by atoms with E-state index in [4.69, 9.17) is 19.2 Å². The molecule has 5 nitrogen and oxygen atoms in total. The maximum Gasteiger partial charge on any atom is 0.170 e. The van der Waals surface area contributed by atoms with Crippen molar-refractivity contribution in [3.8, 4) is 22.1 Å². The van der Waals surface area contributed by atoms with Crippen molar-refractivity contribution in [3.63, 3.8) is 0 Å². The van der Waals surface area contributed by atoms with Gasteiger partial charge >= 0.3 is 0 Å². The molecule has 1 aliphatic rings. The molecule has 130 valence electrons. The molecule has 1 aromatic heterocycles. The van der Waals surface area contributed by atoms with Crippen LogP contribution in [0.25, 0.3) is 10.6 Å². The average Bonchev–Trinajstić information content (AvgIpc) is 3.05. The molecule has 0 bridgehead atoms. The number of para-hydroxylation sites is 1. The van der Waals surface area contributed by atoms with Gasteiger partial charge in [-0.05, 0) is 26.0 Å². The van der Waals surface area contributed by atoms with Gasteiger partial charge in [-0.15, -0.1) is 11.3 Å². The van der Waals surface area contributed by atoms with E-state index in [1.165, 1.54) is 0 Å². The average molecular weight is 348 g/mol. The number of rotatable bonds is 5. The van der Waals surface area contributed by atoms with E-state index in [-0.39, 0.29) is 6.10 Å². The lowest BCUT2D eigenvalue weighted by Crippen LogP contribution is -2.46. The molecule has 0 spiro atoms. The van der Waals surface area contributed by atoms with Gasteiger partial charge in [-0.3, -0.25) is 4.90 Å². The monoisotopic (exact) mass is 348 g/mol. The fourth-order valence-electron chi connectivity index (χ4n) is 2.96. The number of nitrogens with zero attached hydrogens (tertiary/aromatic N) is 2. The Morgan fingerprint density at radius 3 is 2.88 bits per heavy atom. The van der Waals surface area contributed by atoms with E-state index in [0.29, 0.717) is 6.04 Å². The molecular weight excluding hydrogens is 324 g/mol. The molecule has 0 unspecified atom stereocenters. The van der Waals surface area contributed by atoms with Crippen LogP contribution >= 0.6 is 11.3 Å². The summed E-state index contributed by atoms with van der Waals surface area (Å²) in [5.41, 5.74) is 2.05. The molecule has 2 atom stereocenters. The Bertz CT molecular complexity index is 689. The number of ether oxygens (including phenoxy) is 3. The standard InChI is InChI=1S/C18H24N2O3S/c1-12-10-23-13(2)8-20(12)9-14-11-24-18(19-14)15-6-5-7-16(21-3)17(15)22-4/h5-7,11-13H,8-10H2,1-4H3/t12-,13+/m1/s1. The van der Waals surface area contributed by atoms with Crippen LogP contribution in [0, 0.1) is 0 Å². The quantitative estimate of drug-likeness (QED) is 0.828. The van der Waals surface area contributed by atoms with Gasteiger partial charge in [0.15, 0.2) is 11.5 Å². The van der Waals surface area contributed by atoms with E-state index in [1.807, 2.05) is 18.2 Å². The van der Waals surface area contributed by atoms with Crippen LogP contribution in [-0.4, -0.2) is 49.4 Å². The van der Waals surface area contributed by atoms with E-state index < -0.39 is 0 Å². The molecule has 24 heavy (non-hydrogen) atoms. The minimum atomic E-state index is 0.276. The zero-order valence-corrected chi connectivity index (χ0v) is 15.4. The SMILES string of the molecule is COc1cccc(-c2nc(CN3C[C@H](C)OC[C@H]3C)cs2)c1OC. The number of hydrogen-bond donors (Lipinski definition) is 0. The normalized spacial score (nSPS) is 21.7. The second-order valence-corrected chi connectivity index (χ2v) is 6.97. The predicted molar refractivity (Wildman–Crippen MR) is 95.9 cm³/mol. The van der Waals surface area contributed by atoms with Gasteiger partial charge in [0.1, 0.15) is 5.01 Å². The highest BCUT2D eigenvalue weighted by atomic mass is 32.1. The molecule has 0 N–H and O–H groups in total. The largest absolute Gasteiger partial charge is 0.493 e. The lowest BCUT2D eigenvalue weighted by molar-refractivity contribution is -0.0530. The molecule has 1 aliphatic heterocycles. The van der Waals surface area contributed by atoms with Gasteiger partial charge in [0.05, 0.1) is 38.2 Å². The molecule has 2 heterocycles. The number of benzene rings is 1. The summed E-state index contributed by atoms with van der Waals surface area (Å²) in [6.45, 7) is 6.88. The van der Waals surface area contributed by atoms with Gasteiger partial charge in [-0.2, -0.15) is 0 Å². The van der Waals surface area contributed by atoms with Crippen molar-refractivity contribution in [2.24, 2.45) is 0 Å². The van der Waals surface area contributed by atoms with E-state index in [0.717, 1.165) is 47.5 Å². The van der Waals surface area contributed by atoms with Crippen LogP contribution in [0.15, 0.2) is 23.6 Å². The van der Waals surface area contributed by atoms with Crippen molar-refractivity contribution in [1.82, 2.24) is 9.88 Å². The van der Waals surface area contributed by atoms with Crippen LogP contribution in [0.5, 0.6) is 11.5 Å². The van der Waals surface area contributed by atoms with Crippen LogP contribution in [-0.2, 0) is 11.3 Å². The first-order chi connectivity index (χ1) is 11.6. The molecule has 6 heteroatoms. The summed E-state index contributed by atoms with van der Waals surface area (Å²) in [5, 5.41) is 3.08. The first-order valence-corrected chi connectivity index (χ1v) is 9.01. The van der Waals surface area contributed by atoms with Crippen LogP contribution < -0.4 is 9.47 Å². The second kappa shape index (κ2) is 7.51. The van der Waals surface area contributed by atoms with Crippen molar-refractivity contribution in [2.75, 3.05) is 27.4 Å². The molecule has 1 saturated heterocycles. The van der Waals surface area contributed by atoms with Crippen LogP contribution in [0.4, 0.5) is 0 Å². The van der Waals surface area contributed by atoms with Gasteiger partial charge in [0.25, 0.3) is 0 Å².